The van der Waals surface area contributed by atoms with E-state index in [9.17, 15) is 4.79 Å². The second kappa shape index (κ2) is 6.17. The molecule has 0 unspecified atom stereocenters. The third kappa shape index (κ3) is 2.47. The maximum absolute atomic E-state index is 12.5. The van der Waals surface area contributed by atoms with Crippen molar-refractivity contribution in [2.75, 3.05) is 25.0 Å². The van der Waals surface area contributed by atoms with Crippen LogP contribution in [0.25, 0.3) is 10.2 Å². The molecule has 0 aliphatic heterocycles. The molecule has 2 aromatic heterocycles. The normalized spacial score (nSPS) is 10.8. The molecule has 0 radical (unpaired) electrons. The second-order valence-electron chi connectivity index (χ2n) is 4.47. The van der Waals surface area contributed by atoms with E-state index in [1.165, 1.54) is 11.3 Å². The fraction of sp³-hybridized carbons (Fsp3) is 0.500. The largest absolute Gasteiger partial charge is 0.370 e. The topological polar surface area (TPSA) is 58.1 Å². The van der Waals surface area contributed by atoms with Gasteiger partial charge in [-0.2, -0.15) is 0 Å². The van der Waals surface area contributed by atoms with Crippen LogP contribution >= 0.6 is 11.3 Å². The molecule has 2 aromatic rings. The zero-order chi connectivity index (χ0) is 14.7. The first-order chi connectivity index (χ1) is 9.63. The second-order valence-corrected chi connectivity index (χ2v) is 5.47. The quantitative estimate of drug-likeness (QED) is 0.920. The molecule has 0 saturated heterocycles. The molecule has 2 heterocycles. The van der Waals surface area contributed by atoms with Gasteiger partial charge >= 0.3 is 0 Å². The van der Waals surface area contributed by atoms with Crippen LogP contribution in [0.15, 0.2) is 6.33 Å². The van der Waals surface area contributed by atoms with Crippen molar-refractivity contribution in [2.24, 2.45) is 0 Å². The number of carbonyl (C=O) groups is 1. The van der Waals surface area contributed by atoms with Gasteiger partial charge in [0.15, 0.2) is 0 Å². The highest BCUT2D eigenvalue weighted by Gasteiger charge is 2.21. The summed E-state index contributed by atoms with van der Waals surface area (Å²) >= 11 is 1.45. The minimum Gasteiger partial charge on any atom is -0.370 e. The maximum atomic E-state index is 12.5. The van der Waals surface area contributed by atoms with Gasteiger partial charge in [-0.05, 0) is 33.3 Å². The van der Waals surface area contributed by atoms with Gasteiger partial charge in [-0.1, -0.05) is 0 Å². The number of nitrogens with zero attached hydrogens (tertiary/aromatic N) is 3. The molecule has 1 amide bonds. The minimum atomic E-state index is 0.0814. The predicted octanol–water partition coefficient (Wildman–Crippen LogP) is 2.91. The number of carbonyl (C=O) groups excluding carboxylic acids is 1. The van der Waals surface area contributed by atoms with E-state index in [2.05, 4.69) is 15.3 Å². The first-order valence-corrected chi connectivity index (χ1v) is 7.72. The van der Waals surface area contributed by atoms with E-state index in [0.29, 0.717) is 0 Å². The van der Waals surface area contributed by atoms with Crippen LogP contribution in [0.2, 0.25) is 0 Å². The Hall–Kier alpha value is -1.69. The molecule has 0 aromatic carbocycles. The molecule has 0 aliphatic carbocycles. The first-order valence-electron chi connectivity index (χ1n) is 6.91. The van der Waals surface area contributed by atoms with Gasteiger partial charge in [-0.15, -0.1) is 11.3 Å². The van der Waals surface area contributed by atoms with E-state index < -0.39 is 0 Å². The molecule has 0 atom stereocenters. The highest BCUT2D eigenvalue weighted by Crippen LogP contribution is 2.33. The van der Waals surface area contributed by atoms with Gasteiger partial charge in [0, 0.05) is 19.6 Å². The molecular formula is C14H20N4OS. The Kier molecular flexibility index (Phi) is 4.54. The van der Waals surface area contributed by atoms with Gasteiger partial charge in [0.2, 0.25) is 0 Å². The number of aryl methyl sites for hydroxylation is 1. The predicted molar refractivity (Wildman–Crippen MR) is 83.6 cm³/mol. The molecule has 20 heavy (non-hydrogen) atoms. The number of hydrogen-bond donors (Lipinski definition) is 1. The van der Waals surface area contributed by atoms with Crippen LogP contribution in [0.4, 0.5) is 5.82 Å². The van der Waals surface area contributed by atoms with Crippen LogP contribution in [0.3, 0.4) is 0 Å². The van der Waals surface area contributed by atoms with Crippen LogP contribution < -0.4 is 5.32 Å². The Labute approximate surface area is 123 Å². The number of hydrogen-bond acceptors (Lipinski definition) is 5. The summed E-state index contributed by atoms with van der Waals surface area (Å²) in [4.78, 5) is 24.6. The van der Waals surface area contributed by atoms with Crippen molar-refractivity contribution in [2.45, 2.75) is 27.7 Å². The van der Waals surface area contributed by atoms with E-state index in [1.54, 1.807) is 6.33 Å². The Balaban J connectivity index is 2.54. The van der Waals surface area contributed by atoms with E-state index >= 15 is 0 Å². The first kappa shape index (κ1) is 14.7. The van der Waals surface area contributed by atoms with E-state index in [0.717, 1.165) is 46.1 Å². The summed E-state index contributed by atoms with van der Waals surface area (Å²) in [6, 6.07) is 0. The lowest BCUT2D eigenvalue weighted by atomic mass is 10.2. The van der Waals surface area contributed by atoms with Gasteiger partial charge in [0.1, 0.15) is 17.0 Å². The number of aromatic nitrogens is 2. The summed E-state index contributed by atoms with van der Waals surface area (Å²) in [7, 11) is 0. The number of thiophene rings is 1. The van der Waals surface area contributed by atoms with E-state index in [-0.39, 0.29) is 5.91 Å². The van der Waals surface area contributed by atoms with Gasteiger partial charge in [-0.3, -0.25) is 4.79 Å². The number of rotatable bonds is 5. The molecule has 2 rings (SSSR count). The van der Waals surface area contributed by atoms with Gasteiger partial charge < -0.3 is 10.2 Å². The summed E-state index contributed by atoms with van der Waals surface area (Å²) < 4.78 is 0. The zero-order valence-corrected chi connectivity index (χ0v) is 13.2. The summed E-state index contributed by atoms with van der Waals surface area (Å²) in [5.74, 6) is 0.891. The van der Waals surface area contributed by atoms with E-state index in [1.807, 2.05) is 32.6 Å². The van der Waals surface area contributed by atoms with Crippen LogP contribution in [0.1, 0.15) is 36.0 Å². The molecule has 1 N–H and O–H groups in total. The van der Waals surface area contributed by atoms with Gasteiger partial charge in [0.05, 0.1) is 10.3 Å². The molecule has 6 heteroatoms. The highest BCUT2D eigenvalue weighted by molar-refractivity contribution is 7.20. The molecule has 0 aliphatic rings. The van der Waals surface area contributed by atoms with E-state index in [4.69, 9.17) is 0 Å². The molecule has 0 saturated carbocycles. The van der Waals surface area contributed by atoms with Crippen molar-refractivity contribution in [1.82, 2.24) is 14.9 Å². The molecule has 5 nitrogen and oxygen atoms in total. The lowest BCUT2D eigenvalue weighted by molar-refractivity contribution is 0.0777. The summed E-state index contributed by atoms with van der Waals surface area (Å²) in [6.07, 6.45) is 1.54. The highest BCUT2D eigenvalue weighted by atomic mass is 32.1. The maximum Gasteiger partial charge on any atom is 0.264 e. The van der Waals surface area contributed by atoms with Crippen LogP contribution in [0, 0.1) is 6.92 Å². The van der Waals surface area contributed by atoms with Gasteiger partial charge in [-0.25, -0.2) is 9.97 Å². The SMILES string of the molecule is CCNc1ncnc2sc(C(=O)N(CC)CC)c(C)c12. The fourth-order valence-corrected chi connectivity index (χ4v) is 3.35. The lowest BCUT2D eigenvalue weighted by Gasteiger charge is -2.17. The van der Waals surface area contributed by atoms with Crippen molar-refractivity contribution < 1.29 is 4.79 Å². The summed E-state index contributed by atoms with van der Waals surface area (Å²) in [5.41, 5.74) is 0.971. The van der Waals surface area contributed by atoms with Gasteiger partial charge in [0.25, 0.3) is 5.91 Å². The summed E-state index contributed by atoms with van der Waals surface area (Å²) in [5, 5.41) is 4.20. The molecule has 0 bridgehead atoms. The number of nitrogens with one attached hydrogen (secondary N) is 1. The van der Waals surface area contributed by atoms with Crippen LogP contribution in [-0.2, 0) is 0 Å². The number of anilines is 1. The standard InChI is InChI=1S/C14H20N4OS/c1-5-15-12-10-9(4)11(14(19)18(6-2)7-3)20-13(10)17-8-16-12/h8H,5-7H2,1-4H3,(H,15,16,17). The smallest absolute Gasteiger partial charge is 0.264 e. The molecular weight excluding hydrogens is 272 g/mol. The average molecular weight is 292 g/mol. The monoisotopic (exact) mass is 292 g/mol. The minimum absolute atomic E-state index is 0.0814. The average Bonchev–Trinajstić information content (AvgIpc) is 2.79. The zero-order valence-electron chi connectivity index (χ0n) is 12.4. The van der Waals surface area contributed by atoms with Crippen molar-refractivity contribution in [3.8, 4) is 0 Å². The third-order valence-corrected chi connectivity index (χ3v) is 4.50. The Morgan fingerprint density at radius 1 is 1.30 bits per heavy atom. The molecule has 108 valence electrons. The number of fused-ring (bicyclic) bond motifs is 1. The Bertz CT molecular complexity index is 619. The lowest BCUT2D eigenvalue weighted by Crippen LogP contribution is -2.30. The molecule has 0 spiro atoms. The third-order valence-electron chi connectivity index (χ3n) is 3.32. The Morgan fingerprint density at radius 3 is 2.60 bits per heavy atom. The summed E-state index contributed by atoms with van der Waals surface area (Å²) in [6.45, 7) is 10.2. The van der Waals surface area contributed by atoms with Crippen LogP contribution in [0.5, 0.6) is 0 Å². The van der Waals surface area contributed by atoms with Crippen molar-refractivity contribution in [3.63, 3.8) is 0 Å². The fourth-order valence-electron chi connectivity index (χ4n) is 2.23. The van der Waals surface area contributed by atoms with Crippen molar-refractivity contribution in [1.29, 1.82) is 0 Å². The van der Waals surface area contributed by atoms with Crippen molar-refractivity contribution >= 4 is 33.3 Å². The van der Waals surface area contributed by atoms with Crippen LogP contribution in [-0.4, -0.2) is 40.4 Å². The Morgan fingerprint density at radius 2 is 2.00 bits per heavy atom. The number of amides is 1. The van der Waals surface area contributed by atoms with Crippen molar-refractivity contribution in [3.05, 3.63) is 16.8 Å². The molecule has 0 fully saturated rings.